The third kappa shape index (κ3) is 1.78. The summed E-state index contributed by atoms with van der Waals surface area (Å²) in [5.74, 6) is 0.0844. The highest BCUT2D eigenvalue weighted by Crippen LogP contribution is 2.24. The summed E-state index contributed by atoms with van der Waals surface area (Å²) in [6.07, 6.45) is 2.16. The molecule has 1 heterocycles. The molecule has 0 fully saturated rings. The van der Waals surface area contributed by atoms with Crippen LogP contribution in [0.1, 0.15) is 0 Å². The second kappa shape index (κ2) is 3.50. The Labute approximate surface area is 69.1 Å². The Morgan fingerprint density at radius 2 is 2.45 bits per heavy atom. The van der Waals surface area contributed by atoms with Gasteiger partial charge in [0.1, 0.15) is 5.76 Å². The van der Waals surface area contributed by atoms with Gasteiger partial charge in [0.2, 0.25) is 0 Å². The van der Waals surface area contributed by atoms with Crippen molar-refractivity contribution in [1.29, 1.82) is 0 Å². The van der Waals surface area contributed by atoms with E-state index in [2.05, 4.69) is 11.9 Å². The van der Waals surface area contributed by atoms with Gasteiger partial charge in [-0.3, -0.25) is 0 Å². The minimum atomic E-state index is -0.817. The van der Waals surface area contributed by atoms with Crippen molar-refractivity contribution in [3.63, 3.8) is 0 Å². The molecule has 0 aromatic carbocycles. The predicted octanol–water partition coefficient (Wildman–Crippen LogP) is 1.07. The molecule has 1 aliphatic rings. The van der Waals surface area contributed by atoms with E-state index in [0.717, 1.165) is 0 Å². The highest BCUT2D eigenvalue weighted by molar-refractivity contribution is 8.05. The summed E-state index contributed by atoms with van der Waals surface area (Å²) in [6.45, 7) is 3.48. The van der Waals surface area contributed by atoms with Gasteiger partial charge < -0.3 is 15.5 Å². The van der Waals surface area contributed by atoms with Crippen LogP contribution in [0.4, 0.5) is 0 Å². The van der Waals surface area contributed by atoms with Gasteiger partial charge in [-0.05, 0) is 11.5 Å². The summed E-state index contributed by atoms with van der Waals surface area (Å²) in [6, 6.07) is 0. The van der Waals surface area contributed by atoms with Crippen molar-refractivity contribution in [2.24, 2.45) is 0 Å². The number of hydrogen-bond acceptors (Lipinski definition) is 4. The minimum absolute atomic E-state index is 0.0844. The molecule has 11 heavy (non-hydrogen) atoms. The van der Waals surface area contributed by atoms with Crippen LogP contribution >= 0.6 is 11.8 Å². The second-order valence-corrected chi connectivity index (χ2v) is 2.95. The Kier molecular flexibility index (Phi) is 2.62. The fourth-order valence-electron chi connectivity index (χ4n) is 0.731. The number of thioether (sulfide) groups is 1. The third-order valence-electron chi connectivity index (χ3n) is 1.21. The molecular weight excluding hydrogens is 162 g/mol. The maximum Gasteiger partial charge on any atom is 0.160 e. The number of nitrogens with one attached hydrogen (secondary N) is 1. The van der Waals surface area contributed by atoms with Gasteiger partial charge in [-0.2, -0.15) is 0 Å². The maximum atomic E-state index is 9.22. The fraction of sp³-hybridized carbons (Fsp3) is 0.143. The molecule has 0 bridgehead atoms. The summed E-state index contributed by atoms with van der Waals surface area (Å²) >= 11 is 1.20. The van der Waals surface area contributed by atoms with E-state index in [9.17, 15) is 10.2 Å². The van der Waals surface area contributed by atoms with E-state index in [1.807, 2.05) is 0 Å². The van der Waals surface area contributed by atoms with Gasteiger partial charge in [0.25, 0.3) is 0 Å². The van der Waals surface area contributed by atoms with Gasteiger partial charge in [-0.15, -0.1) is 0 Å². The van der Waals surface area contributed by atoms with Crippen LogP contribution in [0.3, 0.4) is 0 Å². The zero-order chi connectivity index (χ0) is 8.27. The number of allylic oxidation sites excluding steroid dienone is 1. The van der Waals surface area contributed by atoms with Crippen LogP contribution in [0.2, 0.25) is 0 Å². The molecule has 0 aromatic rings. The molecule has 1 rings (SSSR count). The molecule has 1 aliphatic heterocycles. The second-order valence-electron chi connectivity index (χ2n) is 1.94. The molecule has 0 spiro atoms. The Hall–Kier alpha value is -0.870. The van der Waals surface area contributed by atoms with E-state index >= 15 is 0 Å². The van der Waals surface area contributed by atoms with Gasteiger partial charge in [0, 0.05) is 6.20 Å². The van der Waals surface area contributed by atoms with Crippen LogP contribution in [0.5, 0.6) is 0 Å². The Balaban J connectivity index is 2.81. The van der Waals surface area contributed by atoms with E-state index in [-0.39, 0.29) is 5.76 Å². The molecule has 0 saturated heterocycles. The highest BCUT2D eigenvalue weighted by Gasteiger charge is 2.15. The molecule has 60 valence electrons. The van der Waals surface area contributed by atoms with Crippen LogP contribution in [-0.4, -0.2) is 16.4 Å². The maximum absolute atomic E-state index is 9.22. The molecule has 3 N–H and O–H groups in total. The van der Waals surface area contributed by atoms with Crippen LogP contribution in [0.15, 0.2) is 34.9 Å². The summed E-state index contributed by atoms with van der Waals surface area (Å²) in [7, 11) is 0. The summed E-state index contributed by atoms with van der Waals surface area (Å²) in [5, 5.41) is 22.6. The number of rotatable bonds is 2. The summed E-state index contributed by atoms with van der Waals surface area (Å²) < 4.78 is 0. The van der Waals surface area contributed by atoms with Gasteiger partial charge in [0.15, 0.2) is 6.23 Å². The minimum Gasteiger partial charge on any atom is -0.507 e. The SMILES string of the molecule is C=CSC1=C(O)C=CNC1O. The van der Waals surface area contributed by atoms with Gasteiger partial charge >= 0.3 is 0 Å². The largest absolute Gasteiger partial charge is 0.507 e. The number of aliphatic hydroxyl groups is 2. The van der Waals surface area contributed by atoms with Crippen molar-refractivity contribution in [3.8, 4) is 0 Å². The summed E-state index contributed by atoms with van der Waals surface area (Å²) in [5.41, 5.74) is 0. The standard InChI is InChI=1S/C7H9NO2S/c1-2-11-6-5(9)3-4-8-7(6)10/h2-4,7-10H,1H2. The van der Waals surface area contributed by atoms with E-state index in [1.54, 1.807) is 5.41 Å². The lowest BCUT2D eigenvalue weighted by molar-refractivity contribution is 0.190. The highest BCUT2D eigenvalue weighted by atomic mass is 32.2. The average molecular weight is 171 g/mol. The van der Waals surface area contributed by atoms with Crippen molar-refractivity contribution in [1.82, 2.24) is 5.32 Å². The topological polar surface area (TPSA) is 52.5 Å². The molecule has 1 unspecified atom stereocenters. The van der Waals surface area contributed by atoms with Crippen molar-refractivity contribution in [3.05, 3.63) is 34.9 Å². The summed E-state index contributed by atoms with van der Waals surface area (Å²) in [4.78, 5) is 0.475. The number of aliphatic hydroxyl groups excluding tert-OH is 2. The molecule has 4 heteroatoms. The first kappa shape index (κ1) is 8.23. The Bertz CT molecular complexity index is 222. The lowest BCUT2D eigenvalue weighted by atomic mass is 10.3. The lowest BCUT2D eigenvalue weighted by Gasteiger charge is -2.17. The van der Waals surface area contributed by atoms with Gasteiger partial charge in [0.05, 0.1) is 4.91 Å². The van der Waals surface area contributed by atoms with Crippen LogP contribution in [0.25, 0.3) is 0 Å². The van der Waals surface area contributed by atoms with Crippen LogP contribution in [-0.2, 0) is 0 Å². The molecule has 0 radical (unpaired) electrons. The average Bonchev–Trinajstić information content (AvgIpc) is 1.97. The van der Waals surface area contributed by atoms with E-state index < -0.39 is 6.23 Å². The third-order valence-corrected chi connectivity index (χ3v) is 2.06. The lowest BCUT2D eigenvalue weighted by Crippen LogP contribution is -2.27. The molecular formula is C7H9NO2S. The Morgan fingerprint density at radius 3 is 3.00 bits per heavy atom. The number of hydrogen-bond donors (Lipinski definition) is 3. The molecule has 0 aliphatic carbocycles. The van der Waals surface area contributed by atoms with E-state index in [0.29, 0.717) is 4.91 Å². The molecule has 0 aromatic heterocycles. The van der Waals surface area contributed by atoms with Crippen molar-refractivity contribution in [2.45, 2.75) is 6.23 Å². The van der Waals surface area contributed by atoms with Crippen molar-refractivity contribution >= 4 is 11.8 Å². The van der Waals surface area contributed by atoms with Crippen LogP contribution in [0, 0.1) is 0 Å². The van der Waals surface area contributed by atoms with Crippen molar-refractivity contribution in [2.75, 3.05) is 0 Å². The zero-order valence-electron chi connectivity index (χ0n) is 5.82. The monoisotopic (exact) mass is 171 g/mol. The Morgan fingerprint density at radius 1 is 1.73 bits per heavy atom. The zero-order valence-corrected chi connectivity index (χ0v) is 6.64. The van der Waals surface area contributed by atoms with E-state index in [4.69, 9.17) is 0 Å². The molecule has 0 amide bonds. The molecule has 3 nitrogen and oxygen atoms in total. The van der Waals surface area contributed by atoms with Crippen LogP contribution < -0.4 is 5.32 Å². The first-order valence-corrected chi connectivity index (χ1v) is 3.95. The van der Waals surface area contributed by atoms with Crippen molar-refractivity contribution < 1.29 is 10.2 Å². The first-order chi connectivity index (χ1) is 5.25. The quantitative estimate of drug-likeness (QED) is 0.581. The smallest absolute Gasteiger partial charge is 0.160 e. The predicted molar refractivity (Wildman–Crippen MR) is 45.7 cm³/mol. The normalized spacial score (nSPS) is 23.2. The molecule has 1 atom stereocenters. The molecule has 0 saturated carbocycles. The first-order valence-electron chi connectivity index (χ1n) is 3.07. The van der Waals surface area contributed by atoms with Gasteiger partial charge in [-0.1, -0.05) is 18.3 Å². The van der Waals surface area contributed by atoms with Gasteiger partial charge in [-0.25, -0.2) is 0 Å². The fourth-order valence-corrected chi connectivity index (χ4v) is 1.30. The number of dihydropyridines is 1. The van der Waals surface area contributed by atoms with E-state index in [1.165, 1.54) is 24.0 Å².